The molecule has 1 heterocycles. The molecule has 1 aromatic heterocycles. The predicted octanol–water partition coefficient (Wildman–Crippen LogP) is 5.85. The number of benzene rings is 2. The van der Waals surface area contributed by atoms with Crippen molar-refractivity contribution in [2.45, 2.75) is 33.8 Å². The molecule has 0 fully saturated rings. The highest BCUT2D eigenvalue weighted by molar-refractivity contribution is 7.14. The number of esters is 2. The van der Waals surface area contributed by atoms with Gasteiger partial charge in [-0.15, -0.1) is 11.3 Å². The monoisotopic (exact) mass is 535 g/mol. The number of allylic oxidation sites excluding steroid dienone is 1. The molecule has 196 valence electrons. The zero-order valence-electron chi connectivity index (χ0n) is 21.2. The maximum atomic E-state index is 14.0. The molecule has 3 aromatic rings. The van der Waals surface area contributed by atoms with Gasteiger partial charge in [-0.1, -0.05) is 36.4 Å². The van der Waals surface area contributed by atoms with E-state index in [2.05, 4.69) is 0 Å². The Bertz CT molecular complexity index is 1420. The summed E-state index contributed by atoms with van der Waals surface area (Å²) in [6.07, 6.45) is 1.09. The van der Waals surface area contributed by atoms with Crippen LogP contribution in [-0.4, -0.2) is 30.9 Å². The molecule has 0 spiro atoms. The van der Waals surface area contributed by atoms with Crippen molar-refractivity contribution >= 4 is 35.1 Å². The van der Waals surface area contributed by atoms with E-state index in [0.717, 1.165) is 11.3 Å². The smallest absolute Gasteiger partial charge is 0.348 e. The van der Waals surface area contributed by atoms with Gasteiger partial charge in [-0.2, -0.15) is 5.26 Å². The van der Waals surface area contributed by atoms with Gasteiger partial charge in [-0.3, -0.25) is 4.79 Å². The van der Waals surface area contributed by atoms with Crippen molar-refractivity contribution in [3.63, 3.8) is 0 Å². The average Bonchev–Trinajstić information content (AvgIpc) is 3.23. The highest BCUT2D eigenvalue weighted by Gasteiger charge is 2.28. The zero-order chi connectivity index (χ0) is 27.7. The van der Waals surface area contributed by atoms with Crippen molar-refractivity contribution in [1.29, 1.82) is 5.26 Å². The molecule has 0 N–H and O–H groups in total. The molecule has 3 rings (SSSR count). The van der Waals surface area contributed by atoms with Gasteiger partial charge >= 0.3 is 11.9 Å². The molecule has 0 aliphatic rings. The second kappa shape index (κ2) is 13.3. The van der Waals surface area contributed by atoms with E-state index in [1.165, 1.54) is 12.1 Å². The number of Topliss-reactive ketones (excluding diaryl/α,β-unsaturated/α-hetero) is 1. The molecule has 0 aliphatic carbocycles. The van der Waals surface area contributed by atoms with Crippen molar-refractivity contribution in [3.05, 3.63) is 91.9 Å². The molecule has 7 nitrogen and oxygen atoms in total. The molecular weight excluding hydrogens is 509 g/mol. The summed E-state index contributed by atoms with van der Waals surface area (Å²) >= 11 is 0.968. The summed E-state index contributed by atoms with van der Waals surface area (Å²) in [5, 5.41) is 9.76. The molecule has 0 aliphatic heterocycles. The first-order valence-corrected chi connectivity index (χ1v) is 12.7. The third-order valence-corrected chi connectivity index (χ3v) is 6.73. The Labute approximate surface area is 224 Å². The molecule has 38 heavy (non-hydrogen) atoms. The molecule has 0 unspecified atom stereocenters. The summed E-state index contributed by atoms with van der Waals surface area (Å²) in [5.74, 6) is -1.86. The fourth-order valence-electron chi connectivity index (χ4n) is 3.63. The third-order valence-electron chi connectivity index (χ3n) is 5.46. The quantitative estimate of drug-likeness (QED) is 0.172. The van der Waals surface area contributed by atoms with Crippen LogP contribution in [-0.2, 0) is 27.3 Å². The van der Waals surface area contributed by atoms with E-state index in [1.807, 2.05) is 6.07 Å². The maximum absolute atomic E-state index is 14.0. The molecular formula is C29H26FNO6S. The second-order valence-corrected chi connectivity index (χ2v) is 9.09. The predicted molar refractivity (Wildman–Crippen MR) is 140 cm³/mol. The molecule has 0 atom stereocenters. The number of hydrogen-bond acceptors (Lipinski definition) is 8. The van der Waals surface area contributed by atoms with Crippen LogP contribution in [0.1, 0.15) is 55.4 Å². The highest BCUT2D eigenvalue weighted by atomic mass is 32.1. The van der Waals surface area contributed by atoms with Gasteiger partial charge in [0.15, 0.2) is 5.78 Å². The maximum Gasteiger partial charge on any atom is 0.348 e. The molecule has 0 saturated carbocycles. The van der Waals surface area contributed by atoms with E-state index >= 15 is 0 Å². The number of thiophene rings is 1. The minimum absolute atomic E-state index is 0.0403. The first-order chi connectivity index (χ1) is 18.3. The number of halogens is 1. The summed E-state index contributed by atoms with van der Waals surface area (Å²) < 4.78 is 30.0. The lowest BCUT2D eigenvalue weighted by Crippen LogP contribution is -2.12. The highest BCUT2D eigenvalue weighted by Crippen LogP contribution is 2.31. The largest absolute Gasteiger partial charge is 0.488 e. The van der Waals surface area contributed by atoms with Gasteiger partial charge in [0.25, 0.3) is 0 Å². The van der Waals surface area contributed by atoms with E-state index in [4.69, 9.17) is 14.2 Å². The first-order valence-electron chi connectivity index (χ1n) is 11.9. The number of nitriles is 1. The Morgan fingerprint density at radius 3 is 2.34 bits per heavy atom. The molecule has 0 saturated heterocycles. The Morgan fingerprint density at radius 2 is 1.66 bits per heavy atom. The van der Waals surface area contributed by atoms with Gasteiger partial charge in [-0.05, 0) is 44.5 Å². The first kappa shape index (κ1) is 28.3. The van der Waals surface area contributed by atoms with Gasteiger partial charge in [0.2, 0.25) is 0 Å². The molecule has 9 heteroatoms. The summed E-state index contributed by atoms with van der Waals surface area (Å²) in [4.78, 5) is 38.7. The summed E-state index contributed by atoms with van der Waals surface area (Å²) in [5.41, 5.74) is 1.13. The summed E-state index contributed by atoms with van der Waals surface area (Å²) in [6.45, 7) is 5.13. The van der Waals surface area contributed by atoms with Gasteiger partial charge in [0.05, 0.1) is 24.4 Å². The van der Waals surface area contributed by atoms with Crippen molar-refractivity contribution in [2.24, 2.45) is 0 Å². The number of carbonyl (C=O) groups excluding carboxylic acids is 3. The fraction of sp³-hybridized carbons (Fsp3) is 0.241. The van der Waals surface area contributed by atoms with Crippen LogP contribution in [0.5, 0.6) is 5.75 Å². The standard InChI is InChI=1S/C29H26FNO6S/c1-4-35-28(33)26-18(3)27(29(34)36-5-2)38-25(26)15-23(32)21(16-31)14-19-10-7-9-13-24(19)37-17-20-11-6-8-12-22(20)30/h6-14H,4-5,15,17H2,1-3H3/b21-14+. The number of hydrogen-bond donors (Lipinski definition) is 0. The van der Waals surface area contributed by atoms with Gasteiger partial charge in [-0.25, -0.2) is 14.0 Å². The Kier molecular flexibility index (Phi) is 9.91. The zero-order valence-corrected chi connectivity index (χ0v) is 22.0. The Balaban J connectivity index is 1.90. The van der Waals surface area contributed by atoms with E-state index in [0.29, 0.717) is 27.3 Å². The SMILES string of the molecule is CCOC(=O)c1sc(CC(=O)/C(C#N)=C/c2ccccc2OCc2ccccc2F)c(C(=O)OCC)c1C. The van der Waals surface area contributed by atoms with Crippen molar-refractivity contribution in [3.8, 4) is 11.8 Å². The van der Waals surface area contributed by atoms with Gasteiger partial charge in [0.1, 0.15) is 29.1 Å². The molecule has 2 aromatic carbocycles. The van der Waals surface area contributed by atoms with Crippen LogP contribution < -0.4 is 4.74 Å². The van der Waals surface area contributed by atoms with Gasteiger partial charge < -0.3 is 14.2 Å². The van der Waals surface area contributed by atoms with Crippen molar-refractivity contribution in [1.82, 2.24) is 0 Å². The van der Waals surface area contributed by atoms with Crippen LogP contribution >= 0.6 is 11.3 Å². The van der Waals surface area contributed by atoms with E-state index in [1.54, 1.807) is 63.2 Å². The number of carbonyl (C=O) groups is 3. The number of ketones is 1. The van der Waals surface area contributed by atoms with E-state index < -0.39 is 23.5 Å². The molecule has 0 amide bonds. The van der Waals surface area contributed by atoms with Crippen molar-refractivity contribution in [2.75, 3.05) is 13.2 Å². The summed E-state index contributed by atoms with van der Waals surface area (Å²) in [7, 11) is 0. The average molecular weight is 536 g/mol. The third kappa shape index (κ3) is 6.72. The molecule has 0 radical (unpaired) electrons. The van der Waals surface area contributed by atoms with Crippen LogP contribution in [0.15, 0.2) is 54.1 Å². The van der Waals surface area contributed by atoms with Crippen LogP contribution in [0.4, 0.5) is 4.39 Å². The topological polar surface area (TPSA) is 103 Å². The van der Waals surface area contributed by atoms with E-state index in [-0.39, 0.29) is 42.3 Å². The Hall–Kier alpha value is -4.29. The lowest BCUT2D eigenvalue weighted by molar-refractivity contribution is -0.114. The lowest BCUT2D eigenvalue weighted by atomic mass is 10.0. The number of rotatable bonds is 11. The number of ether oxygens (including phenoxy) is 3. The molecule has 0 bridgehead atoms. The van der Waals surface area contributed by atoms with Crippen LogP contribution in [0, 0.1) is 24.1 Å². The normalized spacial score (nSPS) is 11.0. The van der Waals surface area contributed by atoms with E-state index in [9.17, 15) is 24.0 Å². The van der Waals surface area contributed by atoms with Crippen LogP contribution in [0.2, 0.25) is 0 Å². The lowest BCUT2D eigenvalue weighted by Gasteiger charge is -2.10. The van der Waals surface area contributed by atoms with Crippen LogP contribution in [0.25, 0.3) is 6.08 Å². The number of nitrogens with zero attached hydrogens (tertiary/aromatic N) is 1. The van der Waals surface area contributed by atoms with Crippen molar-refractivity contribution < 1.29 is 33.0 Å². The minimum Gasteiger partial charge on any atom is -0.488 e. The number of para-hydroxylation sites is 1. The Morgan fingerprint density at radius 1 is 1.00 bits per heavy atom. The van der Waals surface area contributed by atoms with Crippen LogP contribution in [0.3, 0.4) is 0 Å². The summed E-state index contributed by atoms with van der Waals surface area (Å²) in [6, 6.07) is 14.9. The fourth-order valence-corrected chi connectivity index (χ4v) is 4.82. The van der Waals surface area contributed by atoms with Gasteiger partial charge in [0, 0.05) is 22.4 Å². The second-order valence-electron chi connectivity index (χ2n) is 7.98. The minimum atomic E-state index is -0.658.